The van der Waals surface area contributed by atoms with Crippen LogP contribution in [-0.4, -0.2) is 63.8 Å². The summed E-state index contributed by atoms with van der Waals surface area (Å²) in [5, 5.41) is 7.59. The Kier molecular flexibility index (Phi) is 10.2. The lowest BCUT2D eigenvalue weighted by atomic mass is 9.86. The average Bonchev–Trinajstić information content (AvgIpc) is 2.54. The Labute approximate surface area is 179 Å². The van der Waals surface area contributed by atoms with Crippen LogP contribution in [0.4, 0.5) is 0 Å². The molecule has 1 atom stereocenters. The normalized spacial score (nSPS) is 19.0. The quantitative estimate of drug-likeness (QED) is 0.363. The van der Waals surface area contributed by atoms with E-state index < -0.39 is 0 Å². The van der Waals surface area contributed by atoms with E-state index in [2.05, 4.69) is 47.5 Å². The molecule has 0 spiro atoms. The SMILES string of the molecule is CN=C(NCC1CN(C)CCO1)NCC(C)(C)Cc1cccc(Cl)c1.I. The van der Waals surface area contributed by atoms with Crippen molar-refractivity contribution in [2.24, 2.45) is 10.4 Å². The van der Waals surface area contributed by atoms with Crippen LogP contribution in [0.25, 0.3) is 0 Å². The van der Waals surface area contributed by atoms with Gasteiger partial charge in [0.2, 0.25) is 0 Å². The number of hydrogen-bond donors (Lipinski definition) is 2. The molecule has 1 heterocycles. The van der Waals surface area contributed by atoms with Crippen LogP contribution in [0.3, 0.4) is 0 Å². The molecule has 7 heteroatoms. The van der Waals surface area contributed by atoms with E-state index in [4.69, 9.17) is 16.3 Å². The van der Waals surface area contributed by atoms with E-state index >= 15 is 0 Å². The van der Waals surface area contributed by atoms with Gasteiger partial charge in [-0.25, -0.2) is 0 Å². The molecule has 1 aromatic carbocycles. The predicted octanol–water partition coefficient (Wildman–Crippen LogP) is 3.02. The van der Waals surface area contributed by atoms with Crippen LogP contribution in [0.2, 0.25) is 5.02 Å². The Balaban J connectivity index is 0.00000338. The smallest absolute Gasteiger partial charge is 0.191 e. The van der Waals surface area contributed by atoms with Crippen molar-refractivity contribution < 1.29 is 4.74 Å². The number of guanidine groups is 1. The van der Waals surface area contributed by atoms with Crippen LogP contribution in [0.1, 0.15) is 19.4 Å². The Hall–Kier alpha value is -0.570. The molecule has 0 bridgehead atoms. The molecule has 1 aromatic rings. The van der Waals surface area contributed by atoms with Crippen molar-refractivity contribution in [2.75, 3.05) is 46.9 Å². The van der Waals surface area contributed by atoms with Gasteiger partial charge in [0.05, 0.1) is 12.7 Å². The Morgan fingerprint density at radius 3 is 2.81 bits per heavy atom. The third kappa shape index (κ3) is 8.41. The monoisotopic (exact) mass is 494 g/mol. The highest BCUT2D eigenvalue weighted by molar-refractivity contribution is 14.0. The molecule has 1 aliphatic heterocycles. The lowest BCUT2D eigenvalue weighted by molar-refractivity contribution is -0.0161. The van der Waals surface area contributed by atoms with Crippen molar-refractivity contribution >= 4 is 41.5 Å². The zero-order valence-electron chi connectivity index (χ0n) is 16.2. The number of nitrogens with one attached hydrogen (secondary N) is 2. The van der Waals surface area contributed by atoms with E-state index in [1.54, 1.807) is 7.05 Å². The van der Waals surface area contributed by atoms with Crippen molar-refractivity contribution in [3.05, 3.63) is 34.9 Å². The van der Waals surface area contributed by atoms with Gasteiger partial charge in [-0.3, -0.25) is 4.99 Å². The zero-order valence-corrected chi connectivity index (χ0v) is 19.3. The van der Waals surface area contributed by atoms with Crippen LogP contribution in [-0.2, 0) is 11.2 Å². The molecule has 1 saturated heterocycles. The van der Waals surface area contributed by atoms with E-state index in [0.717, 1.165) is 50.2 Å². The first kappa shape index (κ1) is 23.5. The van der Waals surface area contributed by atoms with E-state index in [1.807, 2.05) is 18.2 Å². The molecule has 0 amide bonds. The third-order valence-corrected chi connectivity index (χ3v) is 4.60. The third-order valence-electron chi connectivity index (χ3n) is 4.37. The van der Waals surface area contributed by atoms with Gasteiger partial charge in [0.15, 0.2) is 5.96 Å². The number of rotatable bonds is 6. The molecule has 2 N–H and O–H groups in total. The summed E-state index contributed by atoms with van der Waals surface area (Å²) in [5.41, 5.74) is 1.34. The van der Waals surface area contributed by atoms with Crippen LogP contribution in [0, 0.1) is 5.41 Å². The second-order valence-corrected chi connectivity index (χ2v) is 7.97. The number of halogens is 2. The largest absolute Gasteiger partial charge is 0.374 e. The molecule has 148 valence electrons. The predicted molar refractivity (Wildman–Crippen MR) is 121 cm³/mol. The van der Waals surface area contributed by atoms with Gasteiger partial charge < -0.3 is 20.3 Å². The topological polar surface area (TPSA) is 48.9 Å². The van der Waals surface area contributed by atoms with Gasteiger partial charge in [-0.05, 0) is 36.6 Å². The van der Waals surface area contributed by atoms with Gasteiger partial charge in [0, 0.05) is 38.2 Å². The van der Waals surface area contributed by atoms with Crippen LogP contribution in [0.5, 0.6) is 0 Å². The molecular weight excluding hydrogens is 463 g/mol. The molecule has 0 saturated carbocycles. The summed E-state index contributed by atoms with van der Waals surface area (Å²) in [5.74, 6) is 0.816. The van der Waals surface area contributed by atoms with Crippen LogP contribution in [0.15, 0.2) is 29.3 Å². The molecule has 0 radical (unpaired) electrons. The lowest BCUT2D eigenvalue weighted by Gasteiger charge is -2.31. The Morgan fingerprint density at radius 2 is 2.15 bits per heavy atom. The fraction of sp³-hybridized carbons (Fsp3) is 0.632. The van der Waals surface area contributed by atoms with E-state index in [9.17, 15) is 0 Å². The fourth-order valence-corrected chi connectivity index (χ4v) is 3.22. The molecule has 5 nitrogen and oxygen atoms in total. The summed E-state index contributed by atoms with van der Waals surface area (Å²) in [7, 11) is 3.92. The van der Waals surface area contributed by atoms with E-state index in [-0.39, 0.29) is 35.5 Å². The second kappa shape index (κ2) is 11.3. The fourth-order valence-electron chi connectivity index (χ4n) is 3.01. The Bertz CT molecular complexity index is 582. The molecule has 0 aliphatic carbocycles. The van der Waals surface area contributed by atoms with Crippen molar-refractivity contribution in [1.82, 2.24) is 15.5 Å². The second-order valence-electron chi connectivity index (χ2n) is 7.53. The van der Waals surface area contributed by atoms with Gasteiger partial charge in [-0.1, -0.05) is 37.6 Å². The zero-order chi connectivity index (χ0) is 18.3. The minimum absolute atomic E-state index is 0. The van der Waals surface area contributed by atoms with Crippen molar-refractivity contribution in [2.45, 2.75) is 26.4 Å². The molecule has 1 fully saturated rings. The first-order valence-corrected chi connectivity index (χ1v) is 9.25. The summed E-state index contributed by atoms with van der Waals surface area (Å²) < 4.78 is 5.78. The van der Waals surface area contributed by atoms with Crippen molar-refractivity contribution in [3.63, 3.8) is 0 Å². The summed E-state index contributed by atoms with van der Waals surface area (Å²) in [6.07, 6.45) is 1.16. The van der Waals surface area contributed by atoms with Gasteiger partial charge in [-0.15, -0.1) is 24.0 Å². The van der Waals surface area contributed by atoms with Gasteiger partial charge >= 0.3 is 0 Å². The molecule has 1 unspecified atom stereocenters. The van der Waals surface area contributed by atoms with Gasteiger partial charge in [-0.2, -0.15) is 0 Å². The van der Waals surface area contributed by atoms with Crippen molar-refractivity contribution in [3.8, 4) is 0 Å². The minimum Gasteiger partial charge on any atom is -0.374 e. The number of likely N-dealkylation sites (N-methyl/N-ethyl adjacent to an activating group) is 1. The van der Waals surface area contributed by atoms with Gasteiger partial charge in [0.25, 0.3) is 0 Å². The number of nitrogens with zero attached hydrogens (tertiary/aromatic N) is 2. The highest BCUT2D eigenvalue weighted by atomic mass is 127. The number of aliphatic imine (C=N–C) groups is 1. The molecule has 0 aromatic heterocycles. The summed E-state index contributed by atoms with van der Waals surface area (Å²) in [6.45, 7) is 8.82. The number of benzene rings is 1. The number of ether oxygens (including phenoxy) is 1. The maximum atomic E-state index is 6.09. The van der Waals surface area contributed by atoms with E-state index in [0.29, 0.717) is 0 Å². The van der Waals surface area contributed by atoms with Crippen LogP contribution < -0.4 is 10.6 Å². The molecule has 1 aliphatic rings. The van der Waals surface area contributed by atoms with Crippen LogP contribution >= 0.6 is 35.6 Å². The minimum atomic E-state index is 0. The number of hydrogen-bond acceptors (Lipinski definition) is 3. The lowest BCUT2D eigenvalue weighted by Crippen LogP contribution is -2.49. The van der Waals surface area contributed by atoms with Gasteiger partial charge in [0.1, 0.15) is 0 Å². The summed E-state index contributed by atoms with van der Waals surface area (Å²) in [4.78, 5) is 6.61. The highest BCUT2D eigenvalue weighted by Crippen LogP contribution is 2.22. The maximum Gasteiger partial charge on any atom is 0.191 e. The maximum absolute atomic E-state index is 6.09. The highest BCUT2D eigenvalue weighted by Gasteiger charge is 2.21. The Morgan fingerprint density at radius 1 is 1.38 bits per heavy atom. The average molecular weight is 495 g/mol. The standard InChI is InChI=1S/C19H31ClN4O.HI/c1-19(2,11-15-6-5-7-16(20)10-15)14-23-18(21-3)22-12-17-13-24(4)8-9-25-17;/h5-7,10,17H,8-9,11-14H2,1-4H3,(H2,21,22,23);1H. The van der Waals surface area contributed by atoms with Crippen molar-refractivity contribution in [1.29, 1.82) is 0 Å². The number of morpholine rings is 1. The summed E-state index contributed by atoms with van der Waals surface area (Å²) in [6, 6.07) is 8.07. The molecule has 26 heavy (non-hydrogen) atoms. The van der Waals surface area contributed by atoms with E-state index in [1.165, 1.54) is 5.56 Å². The summed E-state index contributed by atoms with van der Waals surface area (Å²) >= 11 is 6.09. The molecule has 2 rings (SSSR count). The first-order valence-electron chi connectivity index (χ1n) is 8.87. The first-order chi connectivity index (χ1) is 11.9. The molecular formula is C19H32ClIN4O.